The number of carbonyl (C=O) groups excluding carboxylic acids is 1. The minimum absolute atomic E-state index is 0.142. The van der Waals surface area contributed by atoms with Crippen LogP contribution in [0.2, 0.25) is 5.02 Å². The number of carbonyl (C=O) groups is 1. The molecule has 7 heteroatoms. The van der Waals surface area contributed by atoms with Crippen LogP contribution in [0.15, 0.2) is 69.8 Å². The number of nitrogens with one attached hydrogen (secondary N) is 1. The van der Waals surface area contributed by atoms with E-state index in [2.05, 4.69) is 5.32 Å². The molecule has 0 fully saturated rings. The molecule has 0 bridgehead atoms. The molecule has 0 saturated heterocycles. The number of sulfone groups is 1. The highest BCUT2D eigenvalue weighted by molar-refractivity contribution is 7.91. The number of amides is 1. The molecule has 0 saturated carbocycles. The molecule has 1 amide bonds. The van der Waals surface area contributed by atoms with Crippen molar-refractivity contribution in [2.75, 3.05) is 5.32 Å². The Labute approximate surface area is 160 Å². The van der Waals surface area contributed by atoms with Crippen molar-refractivity contribution in [3.8, 4) is 0 Å². The Morgan fingerprint density at radius 3 is 2.58 bits per heavy atom. The molecule has 26 heavy (non-hydrogen) atoms. The fourth-order valence-corrected chi connectivity index (χ4v) is 6.25. The topological polar surface area (TPSA) is 63.2 Å². The first kappa shape index (κ1) is 17.3. The minimum Gasteiger partial charge on any atom is -0.324 e. The average molecular weight is 404 g/mol. The molecule has 4 nitrogen and oxygen atoms in total. The molecule has 3 aromatic rings. The van der Waals surface area contributed by atoms with Crippen LogP contribution in [0.1, 0.15) is 22.8 Å². The second-order valence-electron chi connectivity index (χ2n) is 6.02. The van der Waals surface area contributed by atoms with Crippen molar-refractivity contribution in [2.45, 2.75) is 22.1 Å². The Kier molecular flexibility index (Phi) is 4.34. The molecule has 132 valence electrons. The molecule has 2 heterocycles. The van der Waals surface area contributed by atoms with Crippen molar-refractivity contribution in [3.63, 3.8) is 0 Å². The predicted molar refractivity (Wildman–Crippen MR) is 103 cm³/mol. The van der Waals surface area contributed by atoms with E-state index in [0.717, 1.165) is 10.4 Å². The van der Waals surface area contributed by atoms with E-state index in [0.29, 0.717) is 10.7 Å². The Hall–Kier alpha value is -2.15. The lowest BCUT2D eigenvalue weighted by molar-refractivity contribution is -0.116. The zero-order valence-corrected chi connectivity index (χ0v) is 15.9. The van der Waals surface area contributed by atoms with E-state index in [1.54, 1.807) is 41.8 Å². The van der Waals surface area contributed by atoms with Crippen molar-refractivity contribution < 1.29 is 13.2 Å². The molecule has 0 aliphatic carbocycles. The molecule has 1 N–H and O–H groups in total. The summed E-state index contributed by atoms with van der Waals surface area (Å²) < 4.78 is 26.0. The Bertz CT molecular complexity index is 1090. The van der Waals surface area contributed by atoms with Crippen LogP contribution in [0.3, 0.4) is 0 Å². The number of anilines is 1. The standard InChI is InChI=1S/C19H14ClNO3S2/c20-13-6-4-5-12(9-13)15-10-17(22)21-18-16(11-25-19(15)18)26(23,24)14-7-2-1-3-8-14/h1-9,11,15H,10H2,(H,21,22). The lowest BCUT2D eigenvalue weighted by Crippen LogP contribution is -2.23. The molecule has 1 aliphatic rings. The van der Waals surface area contributed by atoms with E-state index >= 15 is 0 Å². The van der Waals surface area contributed by atoms with Gasteiger partial charge in [0, 0.05) is 27.6 Å². The van der Waals surface area contributed by atoms with Crippen molar-refractivity contribution in [1.82, 2.24) is 0 Å². The summed E-state index contributed by atoms with van der Waals surface area (Å²) in [5, 5.41) is 4.95. The zero-order valence-electron chi connectivity index (χ0n) is 13.5. The van der Waals surface area contributed by atoms with Crippen LogP contribution >= 0.6 is 22.9 Å². The summed E-state index contributed by atoms with van der Waals surface area (Å²) in [6, 6.07) is 15.6. The zero-order chi connectivity index (χ0) is 18.3. The van der Waals surface area contributed by atoms with Crippen LogP contribution in [0.5, 0.6) is 0 Å². The van der Waals surface area contributed by atoms with Crippen LogP contribution in [-0.4, -0.2) is 14.3 Å². The molecule has 1 aliphatic heterocycles. The first-order valence-corrected chi connectivity index (χ1v) is 10.7. The SMILES string of the molecule is O=C1CC(c2cccc(Cl)c2)c2scc(S(=O)(=O)c3ccccc3)c2N1. The number of hydrogen-bond donors (Lipinski definition) is 1. The van der Waals surface area contributed by atoms with E-state index in [1.165, 1.54) is 11.3 Å². The summed E-state index contributed by atoms with van der Waals surface area (Å²) in [4.78, 5) is 13.5. The molecule has 0 radical (unpaired) electrons. The summed E-state index contributed by atoms with van der Waals surface area (Å²) in [6.07, 6.45) is 0.263. The summed E-state index contributed by atoms with van der Waals surface area (Å²) in [7, 11) is -3.70. The fraction of sp³-hybridized carbons (Fsp3) is 0.105. The van der Waals surface area contributed by atoms with E-state index in [4.69, 9.17) is 11.6 Å². The lowest BCUT2D eigenvalue weighted by atomic mass is 9.91. The van der Waals surface area contributed by atoms with Gasteiger partial charge >= 0.3 is 0 Å². The number of thiophene rings is 1. The smallest absolute Gasteiger partial charge is 0.225 e. The first-order chi connectivity index (χ1) is 12.5. The Morgan fingerprint density at radius 2 is 1.85 bits per heavy atom. The van der Waals surface area contributed by atoms with Gasteiger partial charge in [-0.15, -0.1) is 11.3 Å². The van der Waals surface area contributed by atoms with Crippen LogP contribution in [0.4, 0.5) is 5.69 Å². The predicted octanol–water partition coefficient (Wildman–Crippen LogP) is 4.71. The van der Waals surface area contributed by atoms with Crippen LogP contribution in [-0.2, 0) is 14.6 Å². The Balaban J connectivity index is 1.85. The van der Waals surface area contributed by atoms with E-state index in [-0.39, 0.29) is 28.0 Å². The molecular weight excluding hydrogens is 390 g/mol. The number of halogens is 1. The van der Waals surface area contributed by atoms with Gasteiger partial charge in [0.1, 0.15) is 4.90 Å². The van der Waals surface area contributed by atoms with Gasteiger partial charge in [0.25, 0.3) is 0 Å². The summed E-state index contributed by atoms with van der Waals surface area (Å²) in [5.74, 6) is -0.410. The van der Waals surface area contributed by atoms with Gasteiger partial charge in [0.15, 0.2) is 0 Å². The van der Waals surface area contributed by atoms with Gasteiger partial charge in [-0.05, 0) is 29.8 Å². The number of hydrogen-bond acceptors (Lipinski definition) is 4. The largest absolute Gasteiger partial charge is 0.324 e. The highest BCUT2D eigenvalue weighted by atomic mass is 35.5. The maximum Gasteiger partial charge on any atom is 0.225 e. The quantitative estimate of drug-likeness (QED) is 0.688. The van der Waals surface area contributed by atoms with Gasteiger partial charge in [-0.3, -0.25) is 4.79 Å². The van der Waals surface area contributed by atoms with Gasteiger partial charge in [-0.1, -0.05) is 41.9 Å². The maximum absolute atomic E-state index is 13.0. The second-order valence-corrected chi connectivity index (χ2v) is 9.28. The third-order valence-corrected chi connectivity index (χ3v) is 7.62. The lowest BCUT2D eigenvalue weighted by Gasteiger charge is -2.24. The van der Waals surface area contributed by atoms with Crippen molar-refractivity contribution in [2.24, 2.45) is 0 Å². The molecule has 1 atom stereocenters. The van der Waals surface area contributed by atoms with Crippen molar-refractivity contribution in [1.29, 1.82) is 0 Å². The second kappa shape index (κ2) is 6.54. The molecule has 4 rings (SSSR count). The van der Waals surface area contributed by atoms with Gasteiger partial charge in [-0.25, -0.2) is 8.42 Å². The van der Waals surface area contributed by atoms with Crippen LogP contribution in [0.25, 0.3) is 0 Å². The van der Waals surface area contributed by atoms with E-state index < -0.39 is 9.84 Å². The number of rotatable bonds is 3. The summed E-state index contributed by atoms with van der Waals surface area (Å²) in [5.41, 5.74) is 1.29. The highest BCUT2D eigenvalue weighted by Gasteiger charge is 2.34. The van der Waals surface area contributed by atoms with Crippen LogP contribution < -0.4 is 5.32 Å². The summed E-state index contributed by atoms with van der Waals surface area (Å²) in [6.45, 7) is 0. The molecule has 0 spiro atoms. The van der Waals surface area contributed by atoms with E-state index in [9.17, 15) is 13.2 Å². The van der Waals surface area contributed by atoms with Crippen molar-refractivity contribution >= 4 is 44.4 Å². The molecule has 1 aromatic heterocycles. The number of benzene rings is 2. The average Bonchev–Trinajstić information content (AvgIpc) is 3.06. The van der Waals surface area contributed by atoms with Crippen LogP contribution in [0, 0.1) is 0 Å². The van der Waals surface area contributed by atoms with Crippen molar-refractivity contribution in [3.05, 3.63) is 75.4 Å². The molecule has 2 aromatic carbocycles. The summed E-state index contributed by atoms with van der Waals surface area (Å²) >= 11 is 7.44. The number of fused-ring (bicyclic) bond motifs is 1. The molecule has 1 unspecified atom stereocenters. The molecular formula is C19H14ClNO3S2. The van der Waals surface area contributed by atoms with E-state index in [1.807, 2.05) is 18.2 Å². The third-order valence-electron chi connectivity index (χ3n) is 4.35. The normalized spacial score (nSPS) is 16.8. The monoisotopic (exact) mass is 403 g/mol. The first-order valence-electron chi connectivity index (χ1n) is 7.93. The van der Waals surface area contributed by atoms with Gasteiger partial charge in [-0.2, -0.15) is 0 Å². The third kappa shape index (κ3) is 2.94. The highest BCUT2D eigenvalue weighted by Crippen LogP contribution is 2.46. The van der Waals surface area contributed by atoms with Gasteiger partial charge in [0.2, 0.25) is 15.7 Å². The minimum atomic E-state index is -3.70. The fourth-order valence-electron chi connectivity index (χ4n) is 3.12. The maximum atomic E-state index is 13.0. The van der Waals surface area contributed by atoms with Gasteiger partial charge < -0.3 is 5.32 Å². The Morgan fingerprint density at radius 1 is 1.08 bits per heavy atom. The van der Waals surface area contributed by atoms with Gasteiger partial charge in [0.05, 0.1) is 10.6 Å².